The van der Waals surface area contributed by atoms with Crippen LogP contribution in [0.2, 0.25) is 0 Å². The Hall–Kier alpha value is -1.92. The molecule has 20 heavy (non-hydrogen) atoms. The van der Waals surface area contributed by atoms with E-state index in [-0.39, 0.29) is 11.7 Å². The van der Waals surface area contributed by atoms with Crippen LogP contribution in [0, 0.1) is 10.1 Å². The van der Waals surface area contributed by atoms with E-state index in [1.54, 1.807) is 23.5 Å². The molecule has 0 aliphatic rings. The topological polar surface area (TPSA) is 64.4 Å². The molecule has 6 heteroatoms. The van der Waals surface area contributed by atoms with Gasteiger partial charge in [-0.1, -0.05) is 6.07 Å². The summed E-state index contributed by atoms with van der Waals surface area (Å²) in [6.45, 7) is 2.62. The number of nitrogens with one attached hydrogen (secondary N) is 1. The third-order valence-electron chi connectivity index (χ3n) is 2.98. The van der Waals surface area contributed by atoms with Crippen molar-refractivity contribution >= 4 is 17.0 Å². The molecular formula is C14H16N2O3S. The van der Waals surface area contributed by atoms with Gasteiger partial charge in [0.2, 0.25) is 0 Å². The minimum Gasteiger partial charge on any atom is -0.496 e. The molecule has 1 aromatic carbocycles. The molecular weight excluding hydrogens is 276 g/mol. The number of methoxy groups -OCH3 is 1. The van der Waals surface area contributed by atoms with Crippen LogP contribution in [0.3, 0.4) is 0 Å². The maximum absolute atomic E-state index is 10.9. The van der Waals surface area contributed by atoms with Gasteiger partial charge in [0.15, 0.2) is 0 Å². The van der Waals surface area contributed by atoms with Gasteiger partial charge in [-0.15, -0.1) is 11.3 Å². The molecule has 1 heterocycles. The molecule has 0 bridgehead atoms. The Bertz CT molecular complexity index is 584. The SMILES string of the molecule is COc1cc(CN[C@@H](C)c2cccs2)cc([N+](=O)[O-])c1. The molecule has 2 rings (SSSR count). The molecule has 0 unspecified atom stereocenters. The van der Waals surface area contributed by atoms with Gasteiger partial charge in [-0.05, 0) is 30.0 Å². The van der Waals surface area contributed by atoms with E-state index in [1.165, 1.54) is 18.1 Å². The van der Waals surface area contributed by atoms with Crippen LogP contribution in [0.25, 0.3) is 0 Å². The maximum Gasteiger partial charge on any atom is 0.273 e. The molecule has 0 amide bonds. The van der Waals surface area contributed by atoms with Crippen molar-refractivity contribution in [2.24, 2.45) is 0 Å². The van der Waals surface area contributed by atoms with Crippen molar-refractivity contribution in [2.75, 3.05) is 7.11 Å². The Morgan fingerprint density at radius 1 is 1.45 bits per heavy atom. The number of nitro groups is 1. The van der Waals surface area contributed by atoms with E-state index in [2.05, 4.69) is 18.3 Å². The van der Waals surface area contributed by atoms with Crippen molar-refractivity contribution in [1.29, 1.82) is 0 Å². The van der Waals surface area contributed by atoms with Crippen LogP contribution in [-0.4, -0.2) is 12.0 Å². The van der Waals surface area contributed by atoms with E-state index in [9.17, 15) is 10.1 Å². The number of rotatable bonds is 6. The lowest BCUT2D eigenvalue weighted by atomic mass is 10.1. The highest BCUT2D eigenvalue weighted by Crippen LogP contribution is 2.24. The van der Waals surface area contributed by atoms with Gasteiger partial charge in [0.05, 0.1) is 18.1 Å². The summed E-state index contributed by atoms with van der Waals surface area (Å²) in [4.78, 5) is 11.7. The van der Waals surface area contributed by atoms with E-state index < -0.39 is 4.92 Å². The molecule has 0 saturated carbocycles. The quantitative estimate of drug-likeness (QED) is 0.653. The lowest BCUT2D eigenvalue weighted by molar-refractivity contribution is -0.385. The first-order valence-corrected chi connectivity index (χ1v) is 7.07. The van der Waals surface area contributed by atoms with Gasteiger partial charge < -0.3 is 10.1 Å². The van der Waals surface area contributed by atoms with E-state index >= 15 is 0 Å². The van der Waals surface area contributed by atoms with Crippen molar-refractivity contribution in [3.63, 3.8) is 0 Å². The van der Waals surface area contributed by atoms with Crippen LogP contribution in [-0.2, 0) is 6.54 Å². The van der Waals surface area contributed by atoms with E-state index in [0.717, 1.165) is 5.56 Å². The molecule has 0 spiro atoms. The van der Waals surface area contributed by atoms with Crippen molar-refractivity contribution < 1.29 is 9.66 Å². The lowest BCUT2D eigenvalue weighted by Crippen LogP contribution is -2.17. The summed E-state index contributed by atoms with van der Waals surface area (Å²) in [5.74, 6) is 0.500. The molecule has 1 N–H and O–H groups in total. The van der Waals surface area contributed by atoms with Crippen molar-refractivity contribution in [2.45, 2.75) is 19.5 Å². The van der Waals surface area contributed by atoms with Crippen LogP contribution >= 0.6 is 11.3 Å². The summed E-state index contributed by atoms with van der Waals surface area (Å²) in [5.41, 5.74) is 0.879. The summed E-state index contributed by atoms with van der Waals surface area (Å²) in [6.07, 6.45) is 0. The zero-order valence-electron chi connectivity index (χ0n) is 11.3. The number of nitro benzene ring substituents is 1. The minimum atomic E-state index is -0.408. The molecule has 0 aliphatic heterocycles. The fourth-order valence-corrected chi connectivity index (χ4v) is 2.64. The van der Waals surface area contributed by atoms with Gasteiger partial charge in [-0.25, -0.2) is 0 Å². The average molecular weight is 292 g/mol. The first kappa shape index (κ1) is 14.5. The van der Waals surface area contributed by atoms with Crippen LogP contribution < -0.4 is 10.1 Å². The number of ether oxygens (including phenoxy) is 1. The third kappa shape index (κ3) is 3.55. The zero-order chi connectivity index (χ0) is 14.5. The zero-order valence-corrected chi connectivity index (χ0v) is 12.1. The Labute approximate surface area is 121 Å². The number of nitrogens with zero attached hydrogens (tertiary/aromatic N) is 1. The fraction of sp³-hybridized carbons (Fsp3) is 0.286. The molecule has 5 nitrogen and oxygen atoms in total. The Kier molecular flexibility index (Phi) is 4.70. The highest BCUT2D eigenvalue weighted by molar-refractivity contribution is 7.10. The van der Waals surface area contributed by atoms with Gasteiger partial charge in [-0.3, -0.25) is 10.1 Å². The predicted octanol–water partition coefficient (Wildman–Crippen LogP) is 3.52. The van der Waals surface area contributed by atoms with Gasteiger partial charge in [0.1, 0.15) is 5.75 Å². The molecule has 0 saturated heterocycles. The number of benzene rings is 1. The van der Waals surface area contributed by atoms with Crippen molar-refractivity contribution in [3.8, 4) is 5.75 Å². The van der Waals surface area contributed by atoms with E-state index in [0.29, 0.717) is 12.3 Å². The molecule has 2 aromatic rings. The normalized spacial score (nSPS) is 12.1. The second-order valence-electron chi connectivity index (χ2n) is 4.41. The molecule has 106 valence electrons. The highest BCUT2D eigenvalue weighted by Gasteiger charge is 2.11. The Balaban J connectivity index is 2.09. The summed E-state index contributed by atoms with van der Waals surface area (Å²) in [6, 6.07) is 9.08. The van der Waals surface area contributed by atoms with Crippen LogP contribution in [0.4, 0.5) is 5.69 Å². The smallest absolute Gasteiger partial charge is 0.273 e. The third-order valence-corrected chi connectivity index (χ3v) is 4.03. The Morgan fingerprint density at radius 2 is 2.25 bits per heavy atom. The molecule has 0 radical (unpaired) electrons. The first-order valence-electron chi connectivity index (χ1n) is 6.19. The largest absolute Gasteiger partial charge is 0.496 e. The highest BCUT2D eigenvalue weighted by atomic mass is 32.1. The van der Waals surface area contributed by atoms with Gasteiger partial charge >= 0.3 is 0 Å². The van der Waals surface area contributed by atoms with E-state index in [4.69, 9.17) is 4.74 Å². The van der Waals surface area contributed by atoms with E-state index in [1.807, 2.05) is 11.4 Å². The second-order valence-corrected chi connectivity index (χ2v) is 5.39. The van der Waals surface area contributed by atoms with Crippen molar-refractivity contribution in [1.82, 2.24) is 5.32 Å². The van der Waals surface area contributed by atoms with Crippen LogP contribution in [0.15, 0.2) is 35.7 Å². The predicted molar refractivity (Wildman–Crippen MR) is 79.2 cm³/mol. The molecule has 1 aromatic heterocycles. The summed E-state index contributed by atoms with van der Waals surface area (Å²) in [5, 5.41) is 16.3. The van der Waals surface area contributed by atoms with Gasteiger partial charge in [0.25, 0.3) is 5.69 Å². The summed E-state index contributed by atoms with van der Waals surface area (Å²) in [7, 11) is 1.50. The van der Waals surface area contributed by atoms with Crippen LogP contribution in [0.1, 0.15) is 23.4 Å². The average Bonchev–Trinajstić information content (AvgIpc) is 2.98. The first-order chi connectivity index (χ1) is 9.60. The number of non-ortho nitro benzene ring substituents is 1. The standard InChI is InChI=1S/C14H16N2O3S/c1-10(14-4-3-5-20-14)15-9-11-6-12(16(17)18)8-13(7-11)19-2/h3-8,10,15H,9H2,1-2H3/t10-/m0/s1. The van der Waals surface area contributed by atoms with Crippen molar-refractivity contribution in [3.05, 3.63) is 56.3 Å². The maximum atomic E-state index is 10.9. The molecule has 0 aliphatic carbocycles. The second kappa shape index (κ2) is 6.49. The van der Waals surface area contributed by atoms with Crippen LogP contribution in [0.5, 0.6) is 5.75 Å². The van der Waals surface area contributed by atoms with Gasteiger partial charge in [-0.2, -0.15) is 0 Å². The monoisotopic (exact) mass is 292 g/mol. The minimum absolute atomic E-state index is 0.0462. The molecule has 0 fully saturated rings. The van der Waals surface area contributed by atoms with Gasteiger partial charge in [0, 0.05) is 23.5 Å². The summed E-state index contributed by atoms with van der Waals surface area (Å²) >= 11 is 1.69. The number of hydrogen-bond acceptors (Lipinski definition) is 5. The summed E-state index contributed by atoms with van der Waals surface area (Å²) < 4.78 is 5.09. The lowest BCUT2D eigenvalue weighted by Gasteiger charge is -2.12. The number of hydrogen-bond donors (Lipinski definition) is 1. The molecule has 1 atom stereocenters. The Morgan fingerprint density at radius 3 is 2.85 bits per heavy atom. The fourth-order valence-electron chi connectivity index (χ4n) is 1.88. The number of thiophene rings is 1.